The lowest BCUT2D eigenvalue weighted by Crippen LogP contribution is -2.12. The van der Waals surface area contributed by atoms with Gasteiger partial charge in [-0.1, -0.05) is 60.7 Å². The minimum absolute atomic E-state index is 0.320. The molecule has 2 aromatic carbocycles. The van der Waals surface area contributed by atoms with Crippen LogP contribution in [-0.4, -0.2) is 16.0 Å². The fraction of sp³-hybridized carbons (Fsp3) is 0.158. The van der Waals surface area contributed by atoms with Crippen LogP contribution in [0.4, 0.5) is 5.82 Å². The molecule has 0 unspecified atom stereocenters. The van der Waals surface area contributed by atoms with Crippen LogP contribution in [0.2, 0.25) is 0 Å². The maximum atomic E-state index is 4.79. The summed E-state index contributed by atoms with van der Waals surface area (Å²) in [5.41, 5.74) is 3.95. The number of nitrogens with one attached hydrogen (secondary N) is 1. The maximum Gasteiger partial charge on any atom is 0.145 e. The SMILES string of the molecule is CC(C)Nc1cnc(-c2ccccc2)c(-c2ccccc2)n1. The molecule has 3 aromatic rings. The highest BCUT2D eigenvalue weighted by atomic mass is 15.0. The van der Waals surface area contributed by atoms with Gasteiger partial charge in [-0.05, 0) is 13.8 Å². The lowest BCUT2D eigenvalue weighted by atomic mass is 10.0. The van der Waals surface area contributed by atoms with E-state index in [4.69, 9.17) is 4.98 Å². The fourth-order valence-electron chi connectivity index (χ4n) is 2.36. The average molecular weight is 289 g/mol. The molecule has 1 heterocycles. The number of benzene rings is 2. The molecule has 0 radical (unpaired) electrons. The molecule has 0 saturated carbocycles. The molecule has 0 bridgehead atoms. The Morgan fingerprint density at radius 2 is 1.32 bits per heavy atom. The van der Waals surface area contributed by atoms with E-state index in [0.717, 1.165) is 28.3 Å². The molecule has 1 N–H and O–H groups in total. The molecule has 0 aliphatic carbocycles. The average Bonchev–Trinajstić information content (AvgIpc) is 2.56. The van der Waals surface area contributed by atoms with E-state index in [1.165, 1.54) is 0 Å². The summed E-state index contributed by atoms with van der Waals surface area (Å²) < 4.78 is 0. The van der Waals surface area contributed by atoms with Crippen LogP contribution in [0.5, 0.6) is 0 Å². The van der Waals surface area contributed by atoms with Crippen LogP contribution < -0.4 is 5.32 Å². The van der Waals surface area contributed by atoms with Gasteiger partial charge in [0.25, 0.3) is 0 Å². The van der Waals surface area contributed by atoms with Crippen molar-refractivity contribution in [3.05, 3.63) is 66.9 Å². The fourth-order valence-corrected chi connectivity index (χ4v) is 2.36. The first-order valence-electron chi connectivity index (χ1n) is 7.48. The molecule has 0 spiro atoms. The number of aromatic nitrogens is 2. The highest BCUT2D eigenvalue weighted by Crippen LogP contribution is 2.29. The Labute approximate surface area is 131 Å². The van der Waals surface area contributed by atoms with Gasteiger partial charge in [-0.15, -0.1) is 0 Å². The van der Waals surface area contributed by atoms with Crippen molar-refractivity contribution >= 4 is 5.82 Å². The number of hydrogen-bond donors (Lipinski definition) is 1. The third kappa shape index (κ3) is 3.14. The van der Waals surface area contributed by atoms with Gasteiger partial charge in [-0.2, -0.15) is 0 Å². The van der Waals surface area contributed by atoms with E-state index in [1.54, 1.807) is 6.20 Å². The largest absolute Gasteiger partial charge is 0.367 e. The highest BCUT2D eigenvalue weighted by Gasteiger charge is 2.12. The van der Waals surface area contributed by atoms with Crippen molar-refractivity contribution in [2.24, 2.45) is 0 Å². The molecule has 0 saturated heterocycles. The third-order valence-electron chi connectivity index (χ3n) is 3.30. The highest BCUT2D eigenvalue weighted by molar-refractivity contribution is 5.78. The number of hydrogen-bond acceptors (Lipinski definition) is 3. The molecule has 22 heavy (non-hydrogen) atoms. The van der Waals surface area contributed by atoms with E-state index in [-0.39, 0.29) is 0 Å². The van der Waals surface area contributed by atoms with Crippen LogP contribution in [0.1, 0.15) is 13.8 Å². The summed E-state index contributed by atoms with van der Waals surface area (Å²) in [6.07, 6.45) is 1.80. The molecular weight excluding hydrogens is 270 g/mol. The number of rotatable bonds is 4. The zero-order valence-electron chi connectivity index (χ0n) is 12.8. The Morgan fingerprint density at radius 3 is 1.86 bits per heavy atom. The Balaban J connectivity index is 2.13. The maximum absolute atomic E-state index is 4.79. The van der Waals surface area contributed by atoms with Crippen molar-refractivity contribution in [2.75, 3.05) is 5.32 Å². The number of anilines is 1. The molecule has 0 atom stereocenters. The monoisotopic (exact) mass is 289 g/mol. The van der Waals surface area contributed by atoms with Gasteiger partial charge in [0.1, 0.15) is 5.82 Å². The van der Waals surface area contributed by atoms with Gasteiger partial charge in [-0.25, -0.2) is 4.98 Å². The Hall–Kier alpha value is -2.68. The van der Waals surface area contributed by atoms with E-state index in [2.05, 4.69) is 48.4 Å². The molecule has 1 aromatic heterocycles. The first-order chi connectivity index (χ1) is 10.7. The normalized spacial score (nSPS) is 10.7. The van der Waals surface area contributed by atoms with Gasteiger partial charge >= 0.3 is 0 Å². The Kier molecular flexibility index (Phi) is 4.15. The predicted octanol–water partition coefficient (Wildman–Crippen LogP) is 4.63. The van der Waals surface area contributed by atoms with E-state index in [1.807, 2.05) is 36.4 Å². The quantitative estimate of drug-likeness (QED) is 0.761. The minimum Gasteiger partial charge on any atom is -0.367 e. The summed E-state index contributed by atoms with van der Waals surface area (Å²) in [4.78, 5) is 9.44. The molecule has 110 valence electrons. The van der Waals surface area contributed by atoms with Crippen molar-refractivity contribution in [2.45, 2.75) is 19.9 Å². The molecular formula is C19H19N3. The molecule has 3 heteroatoms. The smallest absolute Gasteiger partial charge is 0.145 e. The Bertz CT molecular complexity index is 737. The van der Waals surface area contributed by atoms with E-state index >= 15 is 0 Å². The summed E-state index contributed by atoms with van der Waals surface area (Å²) >= 11 is 0. The van der Waals surface area contributed by atoms with Gasteiger partial charge in [0.2, 0.25) is 0 Å². The van der Waals surface area contributed by atoms with Gasteiger partial charge in [0.15, 0.2) is 0 Å². The zero-order valence-corrected chi connectivity index (χ0v) is 12.8. The lowest BCUT2D eigenvalue weighted by molar-refractivity contribution is 0.886. The van der Waals surface area contributed by atoms with Gasteiger partial charge < -0.3 is 5.32 Å². The topological polar surface area (TPSA) is 37.8 Å². The minimum atomic E-state index is 0.320. The first kappa shape index (κ1) is 14.3. The van der Waals surface area contributed by atoms with Gasteiger partial charge in [0, 0.05) is 17.2 Å². The van der Waals surface area contributed by atoms with Crippen molar-refractivity contribution in [3.63, 3.8) is 0 Å². The van der Waals surface area contributed by atoms with E-state index < -0.39 is 0 Å². The van der Waals surface area contributed by atoms with Crippen molar-refractivity contribution in [1.82, 2.24) is 9.97 Å². The summed E-state index contributed by atoms with van der Waals surface area (Å²) in [6, 6.07) is 20.7. The van der Waals surface area contributed by atoms with Gasteiger partial charge in [0.05, 0.1) is 17.6 Å². The standard InChI is InChI=1S/C19H19N3/c1-14(2)21-17-13-20-18(15-9-5-3-6-10-15)19(22-17)16-11-7-4-8-12-16/h3-14H,1-2H3,(H,21,22). The Morgan fingerprint density at radius 1 is 0.773 bits per heavy atom. The van der Waals surface area contributed by atoms with Crippen LogP contribution in [0.3, 0.4) is 0 Å². The molecule has 0 amide bonds. The molecule has 3 rings (SSSR count). The number of nitrogens with zero attached hydrogens (tertiary/aromatic N) is 2. The first-order valence-corrected chi connectivity index (χ1v) is 7.48. The van der Waals surface area contributed by atoms with E-state index in [0.29, 0.717) is 6.04 Å². The van der Waals surface area contributed by atoms with Crippen LogP contribution in [0.15, 0.2) is 66.9 Å². The van der Waals surface area contributed by atoms with Gasteiger partial charge in [-0.3, -0.25) is 4.98 Å². The summed E-state index contributed by atoms with van der Waals surface area (Å²) in [6.45, 7) is 4.18. The van der Waals surface area contributed by atoms with Crippen LogP contribution >= 0.6 is 0 Å². The predicted molar refractivity (Wildman–Crippen MR) is 91.7 cm³/mol. The molecule has 0 fully saturated rings. The van der Waals surface area contributed by atoms with Crippen LogP contribution in [-0.2, 0) is 0 Å². The second-order valence-corrected chi connectivity index (χ2v) is 5.48. The van der Waals surface area contributed by atoms with Crippen LogP contribution in [0.25, 0.3) is 22.5 Å². The molecule has 0 aliphatic heterocycles. The second-order valence-electron chi connectivity index (χ2n) is 5.48. The van der Waals surface area contributed by atoms with Crippen molar-refractivity contribution in [1.29, 1.82) is 0 Å². The molecule has 0 aliphatic rings. The van der Waals surface area contributed by atoms with E-state index in [9.17, 15) is 0 Å². The zero-order chi connectivity index (χ0) is 15.4. The van der Waals surface area contributed by atoms with Crippen LogP contribution in [0, 0.1) is 0 Å². The summed E-state index contributed by atoms with van der Waals surface area (Å²) in [5.74, 6) is 0.800. The summed E-state index contributed by atoms with van der Waals surface area (Å²) in [5, 5.41) is 3.32. The lowest BCUT2D eigenvalue weighted by Gasteiger charge is -2.13. The molecule has 3 nitrogen and oxygen atoms in total. The second kappa shape index (κ2) is 6.39. The summed E-state index contributed by atoms with van der Waals surface area (Å²) in [7, 11) is 0. The van der Waals surface area contributed by atoms with Crippen molar-refractivity contribution in [3.8, 4) is 22.5 Å². The third-order valence-corrected chi connectivity index (χ3v) is 3.30. The van der Waals surface area contributed by atoms with Crippen molar-refractivity contribution < 1.29 is 0 Å².